The molecule has 4 nitrogen and oxygen atoms in total. The fourth-order valence-corrected chi connectivity index (χ4v) is 8.49. The number of carbonyl (C=O) groups excluding carboxylic acids is 1. The van der Waals surface area contributed by atoms with Crippen LogP contribution < -0.4 is 0 Å². The number of ether oxygens (including phenoxy) is 1. The van der Waals surface area contributed by atoms with Gasteiger partial charge in [-0.2, -0.15) is 0 Å². The third kappa shape index (κ3) is 1.69. The summed E-state index contributed by atoms with van der Waals surface area (Å²) >= 11 is 0. The van der Waals surface area contributed by atoms with Crippen molar-refractivity contribution in [2.45, 2.75) is 88.9 Å². The van der Waals surface area contributed by atoms with E-state index >= 15 is 0 Å². The number of rotatable bonds is 1. The second-order valence-electron chi connectivity index (χ2n) is 10.1. The van der Waals surface area contributed by atoms with Crippen molar-refractivity contribution in [3.8, 4) is 0 Å². The Labute approximate surface area is 150 Å². The SMILES string of the molecule is CC(=O)[C@H]1CC[C@]2(O)[C@@]34CC[C@H]5C[C@@H](O)CC[C@]5(CO3)[C@H]4CC[C@]12C. The molecule has 4 saturated carbocycles. The fraction of sp³-hybridized carbons (Fsp3) is 0.952. The molecule has 0 aromatic heterocycles. The molecular weight excluding hydrogens is 316 g/mol. The van der Waals surface area contributed by atoms with Gasteiger partial charge in [-0.3, -0.25) is 4.79 Å². The lowest BCUT2D eigenvalue weighted by molar-refractivity contribution is -0.260. The van der Waals surface area contributed by atoms with Crippen LogP contribution in [0.15, 0.2) is 0 Å². The van der Waals surface area contributed by atoms with Crippen molar-refractivity contribution in [2.24, 2.45) is 28.6 Å². The van der Waals surface area contributed by atoms with Crippen molar-refractivity contribution < 1.29 is 19.7 Å². The van der Waals surface area contributed by atoms with Gasteiger partial charge in [0.2, 0.25) is 0 Å². The van der Waals surface area contributed by atoms with Crippen molar-refractivity contribution >= 4 is 5.78 Å². The van der Waals surface area contributed by atoms with Crippen LogP contribution in [0.4, 0.5) is 0 Å². The quantitative estimate of drug-likeness (QED) is 0.765. The van der Waals surface area contributed by atoms with Crippen LogP contribution in [0.25, 0.3) is 0 Å². The zero-order valence-electron chi connectivity index (χ0n) is 15.6. The third-order valence-electron chi connectivity index (χ3n) is 9.68. The molecule has 1 aliphatic heterocycles. The highest BCUT2D eigenvalue weighted by Gasteiger charge is 2.78. The van der Waals surface area contributed by atoms with Gasteiger partial charge in [0, 0.05) is 16.7 Å². The Morgan fingerprint density at radius 1 is 1.08 bits per heavy atom. The minimum absolute atomic E-state index is 0.0288. The summed E-state index contributed by atoms with van der Waals surface area (Å²) in [6.45, 7) is 4.60. The van der Waals surface area contributed by atoms with E-state index in [9.17, 15) is 15.0 Å². The number of aliphatic hydroxyl groups excluding tert-OH is 1. The lowest BCUT2D eigenvalue weighted by atomic mass is 9.42. The molecule has 4 aliphatic carbocycles. The predicted octanol–water partition coefficient (Wildman–Crippen LogP) is 2.84. The van der Waals surface area contributed by atoms with Gasteiger partial charge in [0.15, 0.2) is 0 Å². The maximum Gasteiger partial charge on any atom is 0.133 e. The van der Waals surface area contributed by atoms with E-state index in [0.29, 0.717) is 18.3 Å². The topological polar surface area (TPSA) is 66.8 Å². The third-order valence-corrected chi connectivity index (χ3v) is 9.68. The van der Waals surface area contributed by atoms with Gasteiger partial charge >= 0.3 is 0 Å². The van der Waals surface area contributed by atoms with E-state index in [0.717, 1.165) is 58.0 Å². The Kier molecular flexibility index (Phi) is 3.26. The van der Waals surface area contributed by atoms with Gasteiger partial charge < -0.3 is 14.9 Å². The molecule has 0 radical (unpaired) electrons. The van der Waals surface area contributed by atoms with E-state index < -0.39 is 11.2 Å². The standard InChI is InChI=1S/C21H32O4/c1-13(22)16-5-10-21(24)18(16,2)7-6-17-19-8-4-15(23)11-14(19)3-9-20(17,21)25-12-19/h14-17,23-24H,3-12H2,1-2H3/t14-,15-,16+,17+,18+,19+,20-,21+/m0/s1. The van der Waals surface area contributed by atoms with Gasteiger partial charge in [-0.05, 0) is 76.5 Å². The maximum atomic E-state index is 12.3. The first-order chi connectivity index (χ1) is 11.8. The maximum absolute atomic E-state index is 12.3. The fourth-order valence-electron chi connectivity index (χ4n) is 8.49. The van der Waals surface area contributed by atoms with Gasteiger partial charge in [-0.25, -0.2) is 0 Å². The van der Waals surface area contributed by atoms with Crippen molar-refractivity contribution in [3.63, 3.8) is 0 Å². The smallest absolute Gasteiger partial charge is 0.133 e. The predicted molar refractivity (Wildman–Crippen MR) is 92.9 cm³/mol. The van der Waals surface area contributed by atoms with Crippen LogP contribution in [0.5, 0.6) is 0 Å². The number of hydrogen-bond donors (Lipinski definition) is 2. The normalized spacial score (nSPS) is 59.8. The summed E-state index contributed by atoms with van der Waals surface area (Å²) < 4.78 is 6.63. The Balaban J connectivity index is 1.59. The molecule has 0 aromatic rings. The van der Waals surface area contributed by atoms with Crippen LogP contribution in [-0.2, 0) is 9.53 Å². The van der Waals surface area contributed by atoms with Gasteiger partial charge in [0.05, 0.1) is 18.3 Å². The first-order valence-corrected chi connectivity index (χ1v) is 10.3. The van der Waals surface area contributed by atoms with Gasteiger partial charge in [-0.15, -0.1) is 0 Å². The van der Waals surface area contributed by atoms with Crippen molar-refractivity contribution in [2.75, 3.05) is 6.61 Å². The summed E-state index contributed by atoms with van der Waals surface area (Å²) in [5.74, 6) is 1.14. The molecule has 1 spiro atoms. The van der Waals surface area contributed by atoms with E-state index in [2.05, 4.69) is 6.92 Å². The molecule has 2 N–H and O–H groups in total. The molecule has 5 rings (SSSR count). The number of ketones is 1. The van der Waals surface area contributed by atoms with E-state index in [1.807, 2.05) is 0 Å². The zero-order chi connectivity index (χ0) is 17.7. The number of fused-ring (bicyclic) bond motifs is 1. The molecule has 8 atom stereocenters. The Hall–Kier alpha value is -0.450. The first kappa shape index (κ1) is 16.7. The van der Waals surface area contributed by atoms with Crippen LogP contribution in [-0.4, -0.2) is 39.9 Å². The summed E-state index contributed by atoms with van der Waals surface area (Å²) in [6.07, 6.45) is 8.10. The molecule has 1 saturated heterocycles. The summed E-state index contributed by atoms with van der Waals surface area (Å²) in [5.41, 5.74) is -1.52. The van der Waals surface area contributed by atoms with E-state index in [1.54, 1.807) is 6.92 Å². The lowest BCUT2D eigenvalue weighted by Crippen LogP contribution is -2.70. The Morgan fingerprint density at radius 3 is 2.64 bits per heavy atom. The number of hydrogen-bond acceptors (Lipinski definition) is 4. The molecule has 25 heavy (non-hydrogen) atoms. The minimum Gasteiger partial charge on any atom is -0.393 e. The summed E-state index contributed by atoms with van der Waals surface area (Å²) in [4.78, 5) is 12.3. The molecule has 4 heteroatoms. The second-order valence-corrected chi connectivity index (χ2v) is 10.1. The molecule has 0 amide bonds. The van der Waals surface area contributed by atoms with Crippen LogP contribution >= 0.6 is 0 Å². The van der Waals surface area contributed by atoms with Gasteiger partial charge in [0.25, 0.3) is 0 Å². The first-order valence-electron chi connectivity index (χ1n) is 10.3. The molecule has 0 unspecified atom stereocenters. The van der Waals surface area contributed by atoms with E-state index in [4.69, 9.17) is 4.74 Å². The molecule has 2 bridgehead atoms. The van der Waals surface area contributed by atoms with E-state index in [1.165, 1.54) is 0 Å². The average Bonchev–Trinajstić information content (AvgIpc) is 2.97. The number of Topliss-reactive ketones (excluding diaryl/α,β-unsaturated/α-hetero) is 1. The highest BCUT2D eigenvalue weighted by atomic mass is 16.5. The van der Waals surface area contributed by atoms with Gasteiger partial charge in [-0.1, -0.05) is 6.92 Å². The molecule has 0 aromatic carbocycles. The minimum atomic E-state index is -0.871. The molecule has 5 fully saturated rings. The largest absolute Gasteiger partial charge is 0.393 e. The molecule has 1 heterocycles. The van der Waals surface area contributed by atoms with Crippen LogP contribution in [0.2, 0.25) is 0 Å². The number of carbonyl (C=O) groups is 1. The summed E-state index contributed by atoms with van der Waals surface area (Å²) in [6, 6.07) is 0. The van der Waals surface area contributed by atoms with Crippen LogP contribution in [0, 0.1) is 28.6 Å². The highest BCUT2D eigenvalue weighted by Crippen LogP contribution is 2.74. The zero-order valence-corrected chi connectivity index (χ0v) is 15.6. The Morgan fingerprint density at radius 2 is 1.88 bits per heavy atom. The van der Waals surface area contributed by atoms with Crippen molar-refractivity contribution in [1.29, 1.82) is 0 Å². The Bertz CT molecular complexity index is 619. The average molecular weight is 348 g/mol. The lowest BCUT2D eigenvalue weighted by Gasteiger charge is -2.63. The van der Waals surface area contributed by atoms with Crippen LogP contribution in [0.3, 0.4) is 0 Å². The number of aliphatic hydroxyl groups is 2. The van der Waals surface area contributed by atoms with Crippen molar-refractivity contribution in [3.05, 3.63) is 0 Å². The van der Waals surface area contributed by atoms with Crippen molar-refractivity contribution in [1.82, 2.24) is 0 Å². The monoisotopic (exact) mass is 348 g/mol. The van der Waals surface area contributed by atoms with Gasteiger partial charge in [0.1, 0.15) is 11.4 Å². The summed E-state index contributed by atoms with van der Waals surface area (Å²) in [7, 11) is 0. The second kappa shape index (κ2) is 4.88. The highest BCUT2D eigenvalue weighted by molar-refractivity contribution is 5.80. The summed E-state index contributed by atoms with van der Waals surface area (Å²) in [5, 5.41) is 22.3. The molecule has 140 valence electrons. The van der Waals surface area contributed by atoms with Crippen LogP contribution in [0.1, 0.15) is 71.6 Å². The molecular formula is C21H32O4. The molecule has 5 aliphatic rings. The van der Waals surface area contributed by atoms with E-state index in [-0.39, 0.29) is 28.6 Å².